The van der Waals surface area contributed by atoms with Crippen molar-refractivity contribution in [3.05, 3.63) is 59.7 Å². The minimum atomic E-state index is -3.07. The highest BCUT2D eigenvalue weighted by Crippen LogP contribution is 2.54. The van der Waals surface area contributed by atoms with E-state index in [9.17, 15) is 33.5 Å². The summed E-state index contributed by atoms with van der Waals surface area (Å²) in [6.07, 6.45) is 1.07. The number of carbonyl (C=O) groups excluding carboxylic acids is 3. The first-order chi connectivity index (χ1) is 19.2. The lowest BCUT2D eigenvalue weighted by Crippen LogP contribution is -2.56. The van der Waals surface area contributed by atoms with Gasteiger partial charge < -0.3 is 20.6 Å². The van der Waals surface area contributed by atoms with Gasteiger partial charge in [0.2, 0.25) is 11.8 Å². The summed E-state index contributed by atoms with van der Waals surface area (Å²) in [5.74, 6) is -7.33. The first-order valence-corrected chi connectivity index (χ1v) is 13.7. The Bertz CT molecular complexity index is 1380. The number of piperidine rings is 1. The highest BCUT2D eigenvalue weighted by atomic mass is 19.3. The fraction of sp³-hybridized carbons (Fsp3) is 0.467. The van der Waals surface area contributed by atoms with Crippen molar-refractivity contribution in [1.29, 1.82) is 5.26 Å². The molecule has 3 N–H and O–H groups in total. The molecule has 2 heterocycles. The fourth-order valence-corrected chi connectivity index (χ4v) is 7.20. The number of fused-ring (bicyclic) bond motifs is 4. The standard InChI is InChI=1S/C30H30F2N4O4/c31-29(32)12-11-21-24(29)16-36(25(21)27(38)35-18(15-33)14-17-6-5-13-34-26(17)37)28(39)30(40)22-9-3-1-7-19(22)20-8-2-4-10-23(20)30/h1-4,7-10,17-18,21,24-25,40H,5-6,11-14,16H2,(H,34,37)(H,35,38)/t17-,18-,21+,24+,25-/m1/s1. The van der Waals surface area contributed by atoms with Gasteiger partial charge in [0, 0.05) is 42.5 Å². The second-order valence-electron chi connectivity index (χ2n) is 11.3. The Morgan fingerprint density at radius 2 is 1.77 bits per heavy atom. The lowest BCUT2D eigenvalue weighted by molar-refractivity contribution is -0.153. The minimum Gasteiger partial charge on any atom is -0.372 e. The molecule has 0 aromatic heterocycles. The molecule has 5 atom stereocenters. The Labute approximate surface area is 230 Å². The van der Waals surface area contributed by atoms with Crippen LogP contribution in [0.2, 0.25) is 0 Å². The molecular formula is C30H30F2N4O4. The van der Waals surface area contributed by atoms with Crippen LogP contribution in [-0.4, -0.2) is 58.8 Å². The maximum atomic E-state index is 15.0. The number of aliphatic hydroxyl groups is 1. The largest absolute Gasteiger partial charge is 0.372 e. The molecule has 0 radical (unpaired) electrons. The van der Waals surface area contributed by atoms with Crippen molar-refractivity contribution >= 4 is 17.7 Å². The lowest BCUT2D eigenvalue weighted by atomic mass is 9.88. The van der Waals surface area contributed by atoms with Crippen LogP contribution in [0.5, 0.6) is 0 Å². The third-order valence-electron chi connectivity index (χ3n) is 9.16. The molecule has 2 aromatic carbocycles. The summed E-state index contributed by atoms with van der Waals surface area (Å²) in [5.41, 5.74) is -0.163. The van der Waals surface area contributed by atoms with Crippen LogP contribution in [-0.2, 0) is 20.0 Å². The molecule has 2 saturated heterocycles. The van der Waals surface area contributed by atoms with Crippen molar-refractivity contribution in [2.75, 3.05) is 13.1 Å². The molecule has 3 fully saturated rings. The van der Waals surface area contributed by atoms with Crippen LogP contribution >= 0.6 is 0 Å². The maximum Gasteiger partial charge on any atom is 0.264 e. The van der Waals surface area contributed by atoms with E-state index in [2.05, 4.69) is 10.6 Å². The number of hydrogen-bond acceptors (Lipinski definition) is 5. The first kappa shape index (κ1) is 26.4. The zero-order valence-electron chi connectivity index (χ0n) is 21.8. The third-order valence-corrected chi connectivity index (χ3v) is 9.16. The van der Waals surface area contributed by atoms with Crippen molar-refractivity contribution in [2.45, 2.75) is 55.7 Å². The second kappa shape index (κ2) is 9.66. The molecule has 40 heavy (non-hydrogen) atoms. The van der Waals surface area contributed by atoms with Gasteiger partial charge in [0.25, 0.3) is 11.8 Å². The monoisotopic (exact) mass is 548 g/mol. The number of nitriles is 1. The van der Waals surface area contributed by atoms with E-state index in [-0.39, 0.29) is 25.3 Å². The molecule has 8 nitrogen and oxygen atoms in total. The summed E-state index contributed by atoms with van der Waals surface area (Å²) in [7, 11) is 0. The van der Waals surface area contributed by atoms with Gasteiger partial charge in [0.05, 0.1) is 6.07 Å². The number of amides is 3. The molecule has 0 bridgehead atoms. The van der Waals surface area contributed by atoms with Gasteiger partial charge in [-0.15, -0.1) is 0 Å². The lowest BCUT2D eigenvalue weighted by Gasteiger charge is -2.34. The molecule has 2 aliphatic heterocycles. The quantitative estimate of drug-likeness (QED) is 0.531. The summed E-state index contributed by atoms with van der Waals surface area (Å²) in [4.78, 5) is 41.4. The molecule has 2 aliphatic carbocycles. The van der Waals surface area contributed by atoms with E-state index in [0.29, 0.717) is 35.2 Å². The summed E-state index contributed by atoms with van der Waals surface area (Å²) < 4.78 is 30.0. The van der Waals surface area contributed by atoms with Gasteiger partial charge in [0.15, 0.2) is 5.60 Å². The van der Waals surface area contributed by atoms with Gasteiger partial charge in [-0.3, -0.25) is 14.4 Å². The van der Waals surface area contributed by atoms with E-state index >= 15 is 0 Å². The van der Waals surface area contributed by atoms with Gasteiger partial charge in [-0.05, 0) is 42.7 Å². The zero-order chi connectivity index (χ0) is 28.2. The third kappa shape index (κ3) is 3.98. The number of likely N-dealkylation sites (tertiary alicyclic amines) is 1. The Hall–Kier alpha value is -3.84. The van der Waals surface area contributed by atoms with Crippen molar-refractivity contribution in [2.24, 2.45) is 17.8 Å². The number of benzene rings is 2. The van der Waals surface area contributed by atoms with Crippen LogP contribution in [0.25, 0.3) is 11.1 Å². The molecule has 10 heteroatoms. The molecule has 208 valence electrons. The number of nitrogens with one attached hydrogen (secondary N) is 2. The SMILES string of the molecule is N#C[C@@H](C[C@H]1CCCNC1=O)NC(=O)[C@H]1[C@H]2CCC(F)(F)[C@H]2CN1C(=O)C1(O)c2ccccc2-c2ccccc21. The van der Waals surface area contributed by atoms with Crippen molar-refractivity contribution in [1.82, 2.24) is 15.5 Å². The number of halogens is 2. The number of nitrogens with zero attached hydrogens (tertiary/aromatic N) is 2. The van der Waals surface area contributed by atoms with Gasteiger partial charge in [-0.2, -0.15) is 5.26 Å². The topological polar surface area (TPSA) is 123 Å². The minimum absolute atomic E-state index is 0.0351. The Balaban J connectivity index is 1.33. The number of carbonyl (C=O) groups is 3. The van der Waals surface area contributed by atoms with Crippen molar-refractivity contribution in [3.8, 4) is 17.2 Å². The first-order valence-electron chi connectivity index (χ1n) is 13.7. The van der Waals surface area contributed by atoms with E-state index in [1.807, 2.05) is 6.07 Å². The fourth-order valence-electron chi connectivity index (χ4n) is 7.20. The normalized spacial score (nSPS) is 28.1. The summed E-state index contributed by atoms with van der Waals surface area (Å²) in [5, 5.41) is 27.3. The molecule has 1 saturated carbocycles. The zero-order valence-corrected chi connectivity index (χ0v) is 21.8. The predicted molar refractivity (Wildman–Crippen MR) is 139 cm³/mol. The molecule has 6 rings (SSSR count). The number of rotatable bonds is 5. The molecule has 3 amide bonds. The molecular weight excluding hydrogens is 518 g/mol. The average molecular weight is 549 g/mol. The van der Waals surface area contributed by atoms with Crippen LogP contribution in [0.4, 0.5) is 8.78 Å². The van der Waals surface area contributed by atoms with Crippen molar-refractivity contribution in [3.63, 3.8) is 0 Å². The van der Waals surface area contributed by atoms with Crippen LogP contribution in [0.1, 0.15) is 43.2 Å². The van der Waals surface area contributed by atoms with Gasteiger partial charge in [0.1, 0.15) is 12.1 Å². The molecule has 0 unspecified atom stereocenters. The van der Waals surface area contributed by atoms with Gasteiger partial charge in [-0.25, -0.2) is 8.78 Å². The summed E-state index contributed by atoms with van der Waals surface area (Å²) >= 11 is 0. The Morgan fingerprint density at radius 1 is 1.12 bits per heavy atom. The summed E-state index contributed by atoms with van der Waals surface area (Å²) in [6.45, 7) is 0.175. The second-order valence-corrected chi connectivity index (χ2v) is 11.3. The van der Waals surface area contributed by atoms with E-state index in [1.165, 1.54) is 0 Å². The Morgan fingerprint density at radius 3 is 2.40 bits per heavy atom. The van der Waals surface area contributed by atoms with E-state index in [0.717, 1.165) is 11.3 Å². The highest BCUT2D eigenvalue weighted by Gasteiger charge is 2.63. The van der Waals surface area contributed by atoms with Crippen LogP contribution in [0, 0.1) is 29.1 Å². The van der Waals surface area contributed by atoms with Crippen LogP contribution < -0.4 is 10.6 Å². The van der Waals surface area contributed by atoms with E-state index in [1.54, 1.807) is 48.5 Å². The Kier molecular flexibility index (Phi) is 6.37. The molecule has 0 spiro atoms. The average Bonchev–Trinajstić information content (AvgIpc) is 3.58. The molecule has 4 aliphatic rings. The van der Waals surface area contributed by atoms with Crippen LogP contribution in [0.15, 0.2) is 48.5 Å². The summed E-state index contributed by atoms with van der Waals surface area (Å²) in [6, 6.07) is 13.5. The smallest absolute Gasteiger partial charge is 0.264 e. The number of hydrogen-bond donors (Lipinski definition) is 3. The maximum absolute atomic E-state index is 15.0. The van der Waals surface area contributed by atoms with Gasteiger partial charge in [-0.1, -0.05) is 48.5 Å². The van der Waals surface area contributed by atoms with E-state index < -0.39 is 59.6 Å². The van der Waals surface area contributed by atoms with Crippen molar-refractivity contribution < 1.29 is 28.3 Å². The van der Waals surface area contributed by atoms with E-state index in [4.69, 9.17) is 0 Å². The number of alkyl halides is 2. The van der Waals surface area contributed by atoms with Crippen LogP contribution in [0.3, 0.4) is 0 Å². The molecule has 2 aromatic rings. The predicted octanol–water partition coefficient (Wildman–Crippen LogP) is 2.70. The highest BCUT2D eigenvalue weighted by molar-refractivity contribution is 6.01. The van der Waals surface area contributed by atoms with Gasteiger partial charge >= 0.3 is 0 Å².